The first-order valence-corrected chi connectivity index (χ1v) is 13.6. The molecule has 3 atom stereocenters. The molecule has 0 radical (unpaired) electrons. The molecule has 0 bridgehead atoms. The number of nitrogens with zero attached hydrogens (tertiary/aromatic N) is 3. The number of aldehydes is 1. The highest BCUT2D eigenvalue weighted by atomic mass is 19.4. The SMILES string of the molecule is CC.CNCCC(C)CCN1C/C=C\C=C/CN=C1C(F)(F)F.O=C[C@H](O)[C@@H](O)C(=O)N1Cc2ccccc2C1. The van der Waals surface area contributed by atoms with Crippen molar-refractivity contribution in [1.82, 2.24) is 15.1 Å². The summed E-state index contributed by atoms with van der Waals surface area (Å²) in [6.45, 7) is 8.41. The molecule has 0 aromatic heterocycles. The fraction of sp³-hybridized carbons (Fsp3) is 0.552. The predicted molar refractivity (Wildman–Crippen MR) is 151 cm³/mol. The van der Waals surface area contributed by atoms with Crippen LogP contribution in [0.25, 0.3) is 0 Å². The zero-order valence-corrected chi connectivity index (χ0v) is 23.8. The zero-order valence-electron chi connectivity index (χ0n) is 23.8. The Morgan fingerprint density at radius 3 is 2.25 bits per heavy atom. The van der Waals surface area contributed by atoms with Crippen molar-refractivity contribution in [2.24, 2.45) is 10.9 Å². The molecule has 1 unspecified atom stereocenters. The maximum atomic E-state index is 13.1. The number of carbonyl (C=O) groups is 2. The number of allylic oxidation sites excluding steroid dienone is 2. The number of benzene rings is 1. The summed E-state index contributed by atoms with van der Waals surface area (Å²) < 4.78 is 39.4. The van der Waals surface area contributed by atoms with E-state index in [-0.39, 0.29) is 19.4 Å². The largest absolute Gasteiger partial charge is 0.449 e. The normalized spacial score (nSPS) is 18.6. The van der Waals surface area contributed by atoms with E-state index < -0.39 is 30.1 Å². The van der Waals surface area contributed by atoms with Gasteiger partial charge in [0.15, 0.2) is 12.4 Å². The zero-order chi connectivity index (χ0) is 30.1. The summed E-state index contributed by atoms with van der Waals surface area (Å²) in [6.07, 6.45) is 0.962. The van der Waals surface area contributed by atoms with E-state index in [1.165, 1.54) is 9.80 Å². The lowest BCUT2D eigenvalue weighted by Gasteiger charge is -2.27. The Bertz CT molecular complexity index is 973. The van der Waals surface area contributed by atoms with Crippen molar-refractivity contribution in [1.29, 1.82) is 0 Å². The molecule has 2 aliphatic rings. The van der Waals surface area contributed by atoms with Crippen LogP contribution < -0.4 is 5.32 Å². The maximum absolute atomic E-state index is 13.1. The molecule has 224 valence electrons. The number of fused-ring (bicyclic) bond motifs is 1. The van der Waals surface area contributed by atoms with E-state index in [1.54, 1.807) is 24.3 Å². The number of amidine groups is 1. The Morgan fingerprint density at radius 1 is 1.10 bits per heavy atom. The molecular weight excluding hydrogens is 525 g/mol. The van der Waals surface area contributed by atoms with Gasteiger partial charge in [-0.05, 0) is 43.5 Å². The summed E-state index contributed by atoms with van der Waals surface area (Å²) in [7, 11) is 1.88. The standard InChI is InChI=1S/C15H24F3N3.C12H13NO4.C2H6/c1-13(7-10-19-2)8-12-21-11-6-4-3-5-9-20-14(21)15(16,17)18;14-7-10(15)11(16)12(17)13-5-8-3-1-2-4-9(8)6-13;1-2/h3-6,13,19H,7-12H2,1-2H3;1-4,7,10-11,15-16H,5-6H2;1-2H3/b5-3-,6-4-,20-14?;;/t;10-,11+;/m.0./s1. The van der Waals surface area contributed by atoms with Crippen molar-refractivity contribution < 1.29 is 33.0 Å². The lowest BCUT2D eigenvalue weighted by Crippen LogP contribution is -2.43. The highest BCUT2D eigenvalue weighted by molar-refractivity contribution is 5.88. The van der Waals surface area contributed by atoms with Crippen LogP contribution in [0.4, 0.5) is 13.2 Å². The van der Waals surface area contributed by atoms with Crippen molar-refractivity contribution in [2.45, 2.75) is 65.1 Å². The van der Waals surface area contributed by atoms with Crippen molar-refractivity contribution in [3.63, 3.8) is 0 Å². The molecule has 40 heavy (non-hydrogen) atoms. The average Bonchev–Trinajstić information content (AvgIpc) is 3.43. The molecule has 3 rings (SSSR count). The Labute approximate surface area is 235 Å². The van der Waals surface area contributed by atoms with Crippen LogP contribution in [0.15, 0.2) is 53.6 Å². The molecule has 2 heterocycles. The van der Waals surface area contributed by atoms with E-state index in [4.69, 9.17) is 5.11 Å². The summed E-state index contributed by atoms with van der Waals surface area (Å²) >= 11 is 0. The number of carbonyl (C=O) groups excluding carboxylic acids is 2. The molecule has 0 saturated carbocycles. The highest BCUT2D eigenvalue weighted by Crippen LogP contribution is 2.23. The van der Waals surface area contributed by atoms with Gasteiger partial charge < -0.3 is 30.1 Å². The van der Waals surface area contributed by atoms with Gasteiger partial charge in [-0.3, -0.25) is 9.79 Å². The monoisotopic (exact) mass is 568 g/mol. The molecule has 1 aromatic rings. The topological polar surface area (TPSA) is 105 Å². The maximum Gasteiger partial charge on any atom is 0.449 e. The molecule has 8 nitrogen and oxygen atoms in total. The van der Waals surface area contributed by atoms with Crippen LogP contribution in [0.3, 0.4) is 0 Å². The molecule has 11 heteroatoms. The van der Waals surface area contributed by atoms with E-state index in [0.717, 1.165) is 30.5 Å². The van der Waals surface area contributed by atoms with E-state index in [2.05, 4.69) is 17.2 Å². The van der Waals surface area contributed by atoms with E-state index in [1.807, 2.05) is 45.2 Å². The van der Waals surface area contributed by atoms with Crippen molar-refractivity contribution in [3.05, 3.63) is 59.7 Å². The van der Waals surface area contributed by atoms with Gasteiger partial charge in [0.2, 0.25) is 5.84 Å². The Balaban J connectivity index is 0.000000383. The van der Waals surface area contributed by atoms with Gasteiger partial charge in [0.1, 0.15) is 6.10 Å². The Kier molecular flexibility index (Phi) is 16.1. The van der Waals surface area contributed by atoms with Gasteiger partial charge in [-0.15, -0.1) is 0 Å². The van der Waals surface area contributed by atoms with Crippen LogP contribution in [0.5, 0.6) is 0 Å². The summed E-state index contributed by atoms with van der Waals surface area (Å²) in [6, 6.07) is 7.57. The van der Waals surface area contributed by atoms with Crippen molar-refractivity contribution in [3.8, 4) is 0 Å². The Hall–Kier alpha value is -3.02. The minimum absolute atomic E-state index is 0.0605. The van der Waals surface area contributed by atoms with Gasteiger partial charge in [-0.25, -0.2) is 0 Å². The fourth-order valence-electron chi connectivity index (χ4n) is 4.01. The number of aliphatic imine (C=N–C) groups is 1. The molecule has 0 saturated heterocycles. The van der Waals surface area contributed by atoms with E-state index >= 15 is 0 Å². The van der Waals surface area contributed by atoms with Crippen molar-refractivity contribution in [2.75, 3.05) is 33.2 Å². The summed E-state index contributed by atoms with van der Waals surface area (Å²) in [5.41, 5.74) is 2.04. The first-order chi connectivity index (χ1) is 19.1. The van der Waals surface area contributed by atoms with Crippen LogP contribution in [0.1, 0.15) is 44.7 Å². The third kappa shape index (κ3) is 11.6. The number of aliphatic hydroxyl groups is 2. The van der Waals surface area contributed by atoms with Gasteiger partial charge in [0, 0.05) is 26.2 Å². The van der Waals surface area contributed by atoms with Gasteiger partial charge in [-0.2, -0.15) is 13.2 Å². The van der Waals surface area contributed by atoms with Gasteiger partial charge >= 0.3 is 6.18 Å². The highest BCUT2D eigenvalue weighted by Gasteiger charge is 2.39. The van der Waals surface area contributed by atoms with Gasteiger partial charge in [-0.1, -0.05) is 69.3 Å². The van der Waals surface area contributed by atoms with Crippen LogP contribution >= 0.6 is 0 Å². The van der Waals surface area contributed by atoms with Crippen molar-refractivity contribution >= 4 is 18.0 Å². The number of amides is 1. The fourth-order valence-corrected chi connectivity index (χ4v) is 4.01. The van der Waals surface area contributed by atoms with Crippen LogP contribution in [0.2, 0.25) is 0 Å². The number of hydrogen-bond acceptors (Lipinski definition) is 7. The number of hydrogen-bond donors (Lipinski definition) is 3. The number of halogens is 3. The molecule has 0 spiro atoms. The average molecular weight is 569 g/mol. The first kappa shape index (κ1) is 35.0. The predicted octanol–water partition coefficient (Wildman–Crippen LogP) is 3.49. The van der Waals surface area contributed by atoms with Gasteiger partial charge in [0.05, 0.1) is 6.54 Å². The molecule has 1 amide bonds. The van der Waals surface area contributed by atoms with Crippen LogP contribution in [-0.4, -0.2) is 89.7 Å². The first-order valence-electron chi connectivity index (χ1n) is 13.6. The number of rotatable bonds is 9. The minimum atomic E-state index is -4.40. The quantitative estimate of drug-likeness (QED) is 0.394. The molecule has 0 aliphatic carbocycles. The molecular formula is C29H43F3N4O4. The third-order valence-corrected chi connectivity index (χ3v) is 6.26. The van der Waals surface area contributed by atoms with Gasteiger partial charge in [0.25, 0.3) is 5.91 Å². The van der Waals surface area contributed by atoms with E-state index in [0.29, 0.717) is 25.6 Å². The lowest BCUT2D eigenvalue weighted by molar-refractivity contribution is -0.149. The second-order valence-corrected chi connectivity index (χ2v) is 9.28. The molecule has 3 N–H and O–H groups in total. The number of nitrogens with one attached hydrogen (secondary N) is 1. The van der Waals surface area contributed by atoms with Crippen LogP contribution in [-0.2, 0) is 22.7 Å². The third-order valence-electron chi connectivity index (χ3n) is 6.26. The van der Waals surface area contributed by atoms with Crippen LogP contribution in [0, 0.1) is 5.92 Å². The summed E-state index contributed by atoms with van der Waals surface area (Å²) in [5, 5.41) is 21.6. The second kappa shape index (κ2) is 18.4. The summed E-state index contributed by atoms with van der Waals surface area (Å²) in [4.78, 5) is 28.5. The van der Waals surface area contributed by atoms with E-state index in [9.17, 15) is 27.9 Å². The molecule has 1 aromatic carbocycles. The molecule has 2 aliphatic heterocycles. The Morgan fingerprint density at radius 2 is 1.70 bits per heavy atom. The molecule has 0 fully saturated rings. The lowest BCUT2D eigenvalue weighted by atomic mass is 10.0. The summed E-state index contributed by atoms with van der Waals surface area (Å²) in [5.74, 6) is -1.01. The number of alkyl halides is 3. The smallest absolute Gasteiger partial charge is 0.382 e. The number of aliphatic hydroxyl groups excluding tert-OH is 2. The minimum Gasteiger partial charge on any atom is -0.382 e. The second-order valence-electron chi connectivity index (χ2n) is 9.28.